The number of ketones is 1. The number of carbonyl (C=O) groups excluding carboxylic acids is 2. The van der Waals surface area contributed by atoms with Gasteiger partial charge < -0.3 is 10.6 Å². The molecule has 1 rings (SSSR count). The Bertz CT molecular complexity index is 500. The summed E-state index contributed by atoms with van der Waals surface area (Å²) in [6, 6.07) is 7.00. The first-order chi connectivity index (χ1) is 9.52. The number of unbranched alkanes of at least 4 members (excludes halogenated alkanes) is 2. The molecule has 0 heterocycles. The number of anilines is 1. The quantitative estimate of drug-likeness (QED) is 0.480. The number of rotatable bonds is 6. The summed E-state index contributed by atoms with van der Waals surface area (Å²) in [5, 5.41) is 5.79. The molecule has 0 aliphatic carbocycles. The molecule has 4 nitrogen and oxygen atoms in total. The van der Waals surface area contributed by atoms with Crippen LogP contribution in [0.15, 0.2) is 24.3 Å². The highest BCUT2D eigenvalue weighted by Crippen LogP contribution is 2.11. The smallest absolute Gasteiger partial charge is 0.226 e. The molecule has 108 valence electrons. The maximum Gasteiger partial charge on any atom is 0.226 e. The van der Waals surface area contributed by atoms with Gasteiger partial charge in [0, 0.05) is 17.7 Å². The second-order valence-electron chi connectivity index (χ2n) is 4.60. The van der Waals surface area contributed by atoms with Gasteiger partial charge in [0.25, 0.3) is 0 Å². The Kier molecular flexibility index (Phi) is 6.87. The van der Waals surface area contributed by atoms with Crippen LogP contribution in [0.25, 0.3) is 0 Å². The van der Waals surface area contributed by atoms with Crippen LogP contribution >= 0.6 is 12.2 Å². The van der Waals surface area contributed by atoms with E-state index in [4.69, 9.17) is 12.2 Å². The molecule has 0 aliphatic heterocycles. The van der Waals surface area contributed by atoms with E-state index < -0.39 is 0 Å². The Hall–Kier alpha value is -1.75. The van der Waals surface area contributed by atoms with Gasteiger partial charge in [-0.05, 0) is 37.7 Å². The van der Waals surface area contributed by atoms with E-state index in [2.05, 4.69) is 17.6 Å². The largest absolute Gasteiger partial charge is 0.332 e. The van der Waals surface area contributed by atoms with Gasteiger partial charge in [0.05, 0.1) is 0 Å². The first-order valence-corrected chi connectivity index (χ1v) is 7.15. The normalized spacial score (nSPS) is 9.90. The molecule has 0 atom stereocenters. The second-order valence-corrected chi connectivity index (χ2v) is 5.00. The SMILES string of the molecule is CCCCCC(=O)NC(=S)Nc1cccc(C(C)=O)c1. The number of thiocarbonyl (C=S) groups is 1. The van der Waals surface area contributed by atoms with Crippen LogP contribution in [0.2, 0.25) is 0 Å². The third-order valence-corrected chi connectivity index (χ3v) is 2.99. The highest BCUT2D eigenvalue weighted by Gasteiger charge is 2.05. The Morgan fingerprint density at radius 2 is 2.00 bits per heavy atom. The van der Waals surface area contributed by atoms with E-state index in [0.29, 0.717) is 17.7 Å². The molecule has 0 saturated heterocycles. The fourth-order valence-corrected chi connectivity index (χ4v) is 1.93. The van der Waals surface area contributed by atoms with Gasteiger partial charge in [0.2, 0.25) is 5.91 Å². The number of hydrogen-bond donors (Lipinski definition) is 2. The molecule has 0 aromatic heterocycles. The van der Waals surface area contributed by atoms with Crippen molar-refractivity contribution in [3.63, 3.8) is 0 Å². The van der Waals surface area contributed by atoms with Gasteiger partial charge in [-0.25, -0.2) is 0 Å². The predicted octanol–water partition coefficient (Wildman–Crippen LogP) is 3.28. The predicted molar refractivity (Wildman–Crippen MR) is 85.0 cm³/mol. The first kappa shape index (κ1) is 16.3. The van der Waals surface area contributed by atoms with Crippen molar-refractivity contribution in [2.24, 2.45) is 0 Å². The number of nitrogens with one attached hydrogen (secondary N) is 2. The average molecular weight is 292 g/mol. The lowest BCUT2D eigenvalue weighted by Crippen LogP contribution is -2.33. The van der Waals surface area contributed by atoms with Crippen molar-refractivity contribution >= 4 is 34.7 Å². The third kappa shape index (κ3) is 5.93. The molecule has 0 saturated carbocycles. The fourth-order valence-electron chi connectivity index (χ4n) is 1.70. The molecule has 1 aromatic rings. The number of amides is 1. The van der Waals surface area contributed by atoms with Crippen molar-refractivity contribution in [2.75, 3.05) is 5.32 Å². The zero-order chi connectivity index (χ0) is 15.0. The standard InChI is InChI=1S/C15H20N2O2S/c1-3-4-5-9-14(19)17-15(20)16-13-8-6-7-12(10-13)11(2)18/h6-8,10H,3-5,9H2,1-2H3,(H2,16,17,19,20). The van der Waals surface area contributed by atoms with Crippen LogP contribution in [-0.4, -0.2) is 16.8 Å². The Morgan fingerprint density at radius 1 is 1.25 bits per heavy atom. The molecule has 0 unspecified atom stereocenters. The van der Waals surface area contributed by atoms with E-state index in [1.165, 1.54) is 6.92 Å². The zero-order valence-electron chi connectivity index (χ0n) is 11.9. The van der Waals surface area contributed by atoms with E-state index in [0.717, 1.165) is 19.3 Å². The second kappa shape index (κ2) is 8.43. The molecule has 0 spiro atoms. The highest BCUT2D eigenvalue weighted by molar-refractivity contribution is 7.80. The maximum atomic E-state index is 11.6. The van der Waals surface area contributed by atoms with Gasteiger partial charge in [0.1, 0.15) is 0 Å². The number of benzene rings is 1. The topological polar surface area (TPSA) is 58.2 Å². The van der Waals surface area contributed by atoms with Gasteiger partial charge in [-0.2, -0.15) is 0 Å². The zero-order valence-corrected chi connectivity index (χ0v) is 12.7. The summed E-state index contributed by atoms with van der Waals surface area (Å²) in [6.07, 6.45) is 3.45. The number of hydrogen-bond acceptors (Lipinski definition) is 3. The van der Waals surface area contributed by atoms with Crippen molar-refractivity contribution in [2.45, 2.75) is 39.5 Å². The summed E-state index contributed by atoms with van der Waals surface area (Å²) in [5.41, 5.74) is 1.30. The van der Waals surface area contributed by atoms with Crippen LogP contribution in [0.5, 0.6) is 0 Å². The van der Waals surface area contributed by atoms with Crippen LogP contribution in [0.1, 0.15) is 49.9 Å². The Labute approximate surface area is 124 Å². The molecule has 0 bridgehead atoms. The van der Waals surface area contributed by atoms with Gasteiger partial charge in [-0.15, -0.1) is 0 Å². The van der Waals surface area contributed by atoms with Gasteiger partial charge in [-0.1, -0.05) is 31.9 Å². The lowest BCUT2D eigenvalue weighted by atomic mass is 10.1. The lowest BCUT2D eigenvalue weighted by Gasteiger charge is -2.10. The summed E-state index contributed by atoms with van der Waals surface area (Å²) in [7, 11) is 0. The summed E-state index contributed by atoms with van der Waals surface area (Å²) in [4.78, 5) is 22.9. The fraction of sp³-hybridized carbons (Fsp3) is 0.400. The average Bonchev–Trinajstić information content (AvgIpc) is 2.39. The van der Waals surface area contributed by atoms with Gasteiger partial charge >= 0.3 is 0 Å². The number of Topliss-reactive ketones (excluding diaryl/α,β-unsaturated/α-hetero) is 1. The molecule has 20 heavy (non-hydrogen) atoms. The Morgan fingerprint density at radius 3 is 2.65 bits per heavy atom. The summed E-state index contributed by atoms with van der Waals surface area (Å²) in [5.74, 6) is -0.0955. The molecular formula is C15H20N2O2S. The van der Waals surface area contributed by atoms with Crippen LogP contribution in [-0.2, 0) is 4.79 Å². The molecule has 5 heteroatoms. The molecular weight excluding hydrogens is 272 g/mol. The monoisotopic (exact) mass is 292 g/mol. The summed E-state index contributed by atoms with van der Waals surface area (Å²) < 4.78 is 0. The van der Waals surface area contributed by atoms with Crippen molar-refractivity contribution in [1.82, 2.24) is 5.32 Å². The summed E-state index contributed by atoms with van der Waals surface area (Å²) >= 11 is 5.07. The molecule has 0 fully saturated rings. The minimum absolute atomic E-state index is 0.0110. The van der Waals surface area contributed by atoms with Crippen LogP contribution in [0.4, 0.5) is 5.69 Å². The highest BCUT2D eigenvalue weighted by atomic mass is 32.1. The third-order valence-electron chi connectivity index (χ3n) is 2.79. The minimum Gasteiger partial charge on any atom is -0.332 e. The van der Waals surface area contributed by atoms with Crippen molar-refractivity contribution in [3.05, 3.63) is 29.8 Å². The van der Waals surface area contributed by atoms with Crippen LogP contribution in [0.3, 0.4) is 0 Å². The minimum atomic E-state index is -0.0846. The van der Waals surface area contributed by atoms with E-state index in [1.54, 1.807) is 24.3 Å². The van der Waals surface area contributed by atoms with Gasteiger partial charge in [-0.3, -0.25) is 9.59 Å². The van der Waals surface area contributed by atoms with Gasteiger partial charge in [0.15, 0.2) is 10.9 Å². The van der Waals surface area contributed by atoms with Crippen LogP contribution in [0, 0.1) is 0 Å². The van der Waals surface area contributed by atoms with E-state index >= 15 is 0 Å². The first-order valence-electron chi connectivity index (χ1n) is 6.74. The van der Waals surface area contributed by atoms with E-state index in [9.17, 15) is 9.59 Å². The van der Waals surface area contributed by atoms with Crippen LogP contribution < -0.4 is 10.6 Å². The summed E-state index contributed by atoms with van der Waals surface area (Å²) in [6.45, 7) is 3.60. The maximum absolute atomic E-state index is 11.6. The van der Waals surface area contributed by atoms with E-state index in [-0.39, 0.29) is 16.8 Å². The molecule has 1 aromatic carbocycles. The molecule has 0 radical (unpaired) electrons. The number of carbonyl (C=O) groups is 2. The molecule has 2 N–H and O–H groups in total. The van der Waals surface area contributed by atoms with Crippen molar-refractivity contribution < 1.29 is 9.59 Å². The lowest BCUT2D eigenvalue weighted by molar-refractivity contribution is -0.119. The van der Waals surface area contributed by atoms with Crippen molar-refractivity contribution in [1.29, 1.82) is 0 Å². The molecule has 0 aliphatic rings. The van der Waals surface area contributed by atoms with Crippen molar-refractivity contribution in [3.8, 4) is 0 Å². The Balaban J connectivity index is 2.48. The van der Waals surface area contributed by atoms with E-state index in [1.807, 2.05) is 0 Å². The molecule has 1 amide bonds.